The van der Waals surface area contributed by atoms with Crippen molar-refractivity contribution in [2.75, 3.05) is 19.8 Å². The highest BCUT2D eigenvalue weighted by Gasteiger charge is 2.36. The molecule has 0 saturated carbocycles. The molecule has 2 aromatic carbocycles. The van der Waals surface area contributed by atoms with Crippen molar-refractivity contribution < 1.29 is 28.5 Å². The average Bonchev–Trinajstić information content (AvgIpc) is 3.16. The minimum atomic E-state index is -0.700. The minimum absolute atomic E-state index is 0.258. The van der Waals surface area contributed by atoms with E-state index >= 15 is 0 Å². The molecule has 0 amide bonds. The Hall–Kier alpha value is -2.03. The molecular formula is C24H27BrO6. The van der Waals surface area contributed by atoms with Crippen molar-refractivity contribution in [3.05, 3.63) is 82.3 Å². The lowest BCUT2D eigenvalue weighted by Gasteiger charge is -2.17. The zero-order valence-electron chi connectivity index (χ0n) is 17.4. The highest BCUT2D eigenvalue weighted by atomic mass is 79.9. The van der Waals surface area contributed by atoms with Crippen LogP contribution in [0.4, 0.5) is 0 Å². The molecular weight excluding hydrogens is 464 g/mol. The van der Waals surface area contributed by atoms with Gasteiger partial charge in [-0.15, -0.1) is 0 Å². The molecule has 0 spiro atoms. The summed E-state index contributed by atoms with van der Waals surface area (Å²) in [6.07, 6.45) is 0.195. The molecule has 3 rings (SSSR count). The highest BCUT2D eigenvalue weighted by Crippen LogP contribution is 2.24. The van der Waals surface area contributed by atoms with E-state index < -0.39 is 12.3 Å². The number of carbonyl (C=O) groups excluding carboxylic acids is 1. The standard InChI is InChI=1S/C24H27BrO6/c1-2-29-24(26)20(25)13-23-30-21(16-27-14-18-9-5-3-6-10-18)22(31-23)17-28-15-19-11-7-4-8-12-19/h3-13,21-23H,2,14-17H2,1H3/b20-13+/t21-,22-/m0/s1. The van der Waals surface area contributed by atoms with Gasteiger partial charge in [0.25, 0.3) is 0 Å². The summed E-state index contributed by atoms with van der Waals surface area (Å²) in [6, 6.07) is 19.9. The van der Waals surface area contributed by atoms with Crippen LogP contribution in [0.2, 0.25) is 0 Å². The first-order valence-corrected chi connectivity index (χ1v) is 11.0. The van der Waals surface area contributed by atoms with Gasteiger partial charge in [-0.3, -0.25) is 0 Å². The quantitative estimate of drug-likeness (QED) is 0.344. The van der Waals surface area contributed by atoms with Crippen molar-refractivity contribution in [3.63, 3.8) is 0 Å². The maximum absolute atomic E-state index is 11.9. The first-order chi connectivity index (χ1) is 15.2. The summed E-state index contributed by atoms with van der Waals surface area (Å²) in [5.74, 6) is -0.463. The fourth-order valence-electron chi connectivity index (χ4n) is 3.05. The van der Waals surface area contributed by atoms with Crippen molar-refractivity contribution in [2.24, 2.45) is 0 Å². The Morgan fingerprint density at radius 3 is 1.84 bits per heavy atom. The van der Waals surface area contributed by atoms with Gasteiger partial charge >= 0.3 is 5.97 Å². The summed E-state index contributed by atoms with van der Waals surface area (Å²) in [5, 5.41) is 0. The molecule has 1 heterocycles. The number of rotatable bonds is 11. The Kier molecular flexibility index (Phi) is 9.71. The third-order valence-corrected chi connectivity index (χ3v) is 5.16. The summed E-state index contributed by atoms with van der Waals surface area (Å²) in [4.78, 5) is 11.9. The Labute approximate surface area is 191 Å². The van der Waals surface area contributed by atoms with Crippen LogP contribution in [-0.4, -0.2) is 44.3 Å². The van der Waals surface area contributed by atoms with Gasteiger partial charge in [-0.25, -0.2) is 4.79 Å². The number of hydrogen-bond donors (Lipinski definition) is 0. The lowest BCUT2D eigenvalue weighted by atomic mass is 10.2. The van der Waals surface area contributed by atoms with Crippen LogP contribution in [0, 0.1) is 0 Å². The van der Waals surface area contributed by atoms with Gasteiger partial charge in [-0.1, -0.05) is 60.7 Å². The smallest absolute Gasteiger partial charge is 0.345 e. The fourth-order valence-corrected chi connectivity index (χ4v) is 3.38. The Balaban J connectivity index is 1.56. The predicted octanol–water partition coefficient (Wildman–Crippen LogP) is 4.37. The van der Waals surface area contributed by atoms with E-state index in [2.05, 4.69) is 15.9 Å². The largest absolute Gasteiger partial charge is 0.462 e. The van der Waals surface area contributed by atoms with Crippen LogP contribution in [0.15, 0.2) is 71.2 Å². The summed E-state index contributed by atoms with van der Waals surface area (Å²) >= 11 is 3.22. The number of benzene rings is 2. The van der Waals surface area contributed by atoms with Crippen LogP contribution in [0.25, 0.3) is 0 Å². The fraction of sp³-hybridized carbons (Fsp3) is 0.375. The Morgan fingerprint density at radius 1 is 0.903 bits per heavy atom. The molecule has 7 heteroatoms. The molecule has 31 heavy (non-hydrogen) atoms. The molecule has 166 valence electrons. The van der Waals surface area contributed by atoms with Crippen molar-refractivity contribution in [2.45, 2.75) is 38.6 Å². The molecule has 1 aliphatic rings. The van der Waals surface area contributed by atoms with Crippen LogP contribution in [-0.2, 0) is 41.7 Å². The molecule has 1 aliphatic heterocycles. The minimum Gasteiger partial charge on any atom is -0.462 e. The molecule has 0 unspecified atom stereocenters. The third kappa shape index (κ3) is 7.87. The van der Waals surface area contributed by atoms with Gasteiger partial charge in [0.2, 0.25) is 0 Å². The van der Waals surface area contributed by atoms with Gasteiger partial charge in [-0.2, -0.15) is 0 Å². The van der Waals surface area contributed by atoms with Crippen LogP contribution in [0.5, 0.6) is 0 Å². The molecule has 0 aliphatic carbocycles. The normalized spacial score (nSPS) is 19.5. The SMILES string of the molecule is CCOC(=O)/C(Br)=C\C1O[C@@H](COCc2ccccc2)[C@H](COCc2ccccc2)O1. The van der Waals surface area contributed by atoms with Crippen LogP contribution >= 0.6 is 15.9 Å². The Morgan fingerprint density at radius 2 is 1.39 bits per heavy atom. The van der Waals surface area contributed by atoms with Gasteiger partial charge in [-0.05, 0) is 40.1 Å². The molecule has 1 fully saturated rings. The molecule has 0 aromatic heterocycles. The number of hydrogen-bond acceptors (Lipinski definition) is 6. The first kappa shape index (κ1) is 23.6. The van der Waals surface area contributed by atoms with Gasteiger partial charge in [0.15, 0.2) is 6.29 Å². The van der Waals surface area contributed by atoms with Gasteiger partial charge < -0.3 is 23.7 Å². The molecule has 2 atom stereocenters. The van der Waals surface area contributed by atoms with E-state index in [1.807, 2.05) is 60.7 Å². The van der Waals surface area contributed by atoms with E-state index in [1.54, 1.807) is 13.0 Å². The summed E-state index contributed by atoms with van der Waals surface area (Å²) in [6.45, 7) is 3.68. The van der Waals surface area contributed by atoms with Crippen LogP contribution in [0.1, 0.15) is 18.1 Å². The van der Waals surface area contributed by atoms with E-state index in [-0.39, 0.29) is 16.7 Å². The average molecular weight is 491 g/mol. The maximum Gasteiger partial charge on any atom is 0.345 e. The number of halogens is 1. The molecule has 1 saturated heterocycles. The second-order valence-electron chi connectivity index (χ2n) is 6.95. The summed E-state index contributed by atoms with van der Waals surface area (Å²) < 4.78 is 28.9. The van der Waals surface area contributed by atoms with E-state index in [4.69, 9.17) is 23.7 Å². The second-order valence-corrected chi connectivity index (χ2v) is 7.81. The maximum atomic E-state index is 11.9. The number of carbonyl (C=O) groups is 1. The number of esters is 1. The van der Waals surface area contributed by atoms with E-state index in [0.29, 0.717) is 33.0 Å². The molecule has 0 N–H and O–H groups in total. The highest BCUT2D eigenvalue weighted by molar-refractivity contribution is 9.12. The molecule has 0 radical (unpaired) electrons. The van der Waals surface area contributed by atoms with E-state index in [1.165, 1.54) is 0 Å². The lowest BCUT2D eigenvalue weighted by Crippen LogP contribution is -2.31. The molecule has 0 bridgehead atoms. The summed E-state index contributed by atoms with van der Waals surface area (Å²) in [5.41, 5.74) is 2.17. The topological polar surface area (TPSA) is 63.2 Å². The predicted molar refractivity (Wildman–Crippen MR) is 119 cm³/mol. The summed E-state index contributed by atoms with van der Waals surface area (Å²) in [7, 11) is 0. The second kappa shape index (κ2) is 12.7. The molecule has 6 nitrogen and oxygen atoms in total. The van der Waals surface area contributed by atoms with Crippen molar-refractivity contribution >= 4 is 21.9 Å². The Bertz CT molecular complexity index is 773. The van der Waals surface area contributed by atoms with Crippen molar-refractivity contribution in [1.82, 2.24) is 0 Å². The first-order valence-electron chi connectivity index (χ1n) is 10.2. The van der Waals surface area contributed by atoms with Crippen LogP contribution in [0.3, 0.4) is 0 Å². The zero-order chi connectivity index (χ0) is 21.9. The number of ether oxygens (including phenoxy) is 5. The van der Waals surface area contributed by atoms with Gasteiger partial charge in [0, 0.05) is 0 Å². The third-order valence-electron chi connectivity index (χ3n) is 4.57. The van der Waals surface area contributed by atoms with E-state index in [9.17, 15) is 4.79 Å². The molecule has 2 aromatic rings. The monoisotopic (exact) mass is 490 g/mol. The lowest BCUT2D eigenvalue weighted by molar-refractivity contribution is -0.137. The van der Waals surface area contributed by atoms with Gasteiger partial charge in [0.1, 0.15) is 16.7 Å². The van der Waals surface area contributed by atoms with E-state index in [0.717, 1.165) is 11.1 Å². The van der Waals surface area contributed by atoms with Crippen molar-refractivity contribution in [3.8, 4) is 0 Å². The zero-order valence-corrected chi connectivity index (χ0v) is 19.0. The van der Waals surface area contributed by atoms with Crippen LogP contribution < -0.4 is 0 Å². The van der Waals surface area contributed by atoms with Crippen molar-refractivity contribution in [1.29, 1.82) is 0 Å². The van der Waals surface area contributed by atoms with Gasteiger partial charge in [0.05, 0.1) is 33.0 Å².